The lowest BCUT2D eigenvalue weighted by atomic mass is 10.0. The first-order valence-electron chi connectivity index (χ1n) is 6.78. The largest absolute Gasteiger partial charge is 0.343 e. The van der Waals surface area contributed by atoms with Gasteiger partial charge in [0.1, 0.15) is 0 Å². The number of carbonyl (C=O) groups excluding carboxylic acids is 2. The summed E-state index contributed by atoms with van der Waals surface area (Å²) in [5.41, 5.74) is 6.48. The molecule has 1 aromatic carbocycles. The van der Waals surface area contributed by atoms with E-state index < -0.39 is 0 Å². The van der Waals surface area contributed by atoms with Gasteiger partial charge in [-0.1, -0.05) is 30.3 Å². The van der Waals surface area contributed by atoms with E-state index in [4.69, 9.17) is 5.73 Å². The van der Waals surface area contributed by atoms with E-state index in [1.165, 1.54) is 0 Å². The van der Waals surface area contributed by atoms with Gasteiger partial charge in [-0.3, -0.25) is 9.59 Å². The molecule has 4 nitrogen and oxygen atoms in total. The number of halogens is 1. The van der Waals surface area contributed by atoms with Crippen LogP contribution < -0.4 is 5.73 Å². The Bertz CT molecular complexity index is 442. The monoisotopic (exact) mass is 296 g/mol. The van der Waals surface area contributed by atoms with Gasteiger partial charge in [-0.2, -0.15) is 0 Å². The molecule has 1 heterocycles. The van der Waals surface area contributed by atoms with E-state index in [9.17, 15) is 9.59 Å². The lowest BCUT2D eigenvalue weighted by molar-refractivity contribution is -0.132. The van der Waals surface area contributed by atoms with Crippen molar-refractivity contribution in [1.82, 2.24) is 4.90 Å². The SMILES string of the molecule is Cl.NC1CCN(C(=O)CCC(=O)c2ccccc2)CC1. The second-order valence-corrected chi connectivity index (χ2v) is 5.01. The van der Waals surface area contributed by atoms with E-state index in [0.29, 0.717) is 12.0 Å². The third-order valence-corrected chi connectivity index (χ3v) is 3.55. The zero-order valence-electron chi connectivity index (χ0n) is 11.5. The van der Waals surface area contributed by atoms with E-state index in [1.807, 2.05) is 23.1 Å². The van der Waals surface area contributed by atoms with Crippen LogP contribution in [-0.4, -0.2) is 35.7 Å². The molecule has 1 aromatic rings. The first-order chi connectivity index (χ1) is 9.16. The summed E-state index contributed by atoms with van der Waals surface area (Å²) >= 11 is 0. The van der Waals surface area contributed by atoms with Gasteiger partial charge < -0.3 is 10.6 Å². The minimum absolute atomic E-state index is 0. The number of ketones is 1. The molecule has 0 radical (unpaired) electrons. The molecule has 20 heavy (non-hydrogen) atoms. The zero-order chi connectivity index (χ0) is 13.7. The van der Waals surface area contributed by atoms with E-state index in [0.717, 1.165) is 25.9 Å². The number of nitrogens with zero attached hydrogens (tertiary/aromatic N) is 1. The Morgan fingerprint density at radius 2 is 1.70 bits per heavy atom. The summed E-state index contributed by atoms with van der Waals surface area (Å²) in [7, 11) is 0. The number of amides is 1. The number of likely N-dealkylation sites (tertiary alicyclic amines) is 1. The van der Waals surface area contributed by atoms with Crippen LogP contribution in [0.15, 0.2) is 30.3 Å². The maximum absolute atomic E-state index is 12.0. The van der Waals surface area contributed by atoms with Gasteiger partial charge in [0.25, 0.3) is 0 Å². The molecule has 0 spiro atoms. The van der Waals surface area contributed by atoms with E-state index in [-0.39, 0.29) is 36.6 Å². The highest BCUT2D eigenvalue weighted by Gasteiger charge is 2.20. The molecule has 0 unspecified atom stereocenters. The molecule has 1 amide bonds. The number of hydrogen-bond donors (Lipinski definition) is 1. The topological polar surface area (TPSA) is 63.4 Å². The Morgan fingerprint density at radius 3 is 2.30 bits per heavy atom. The van der Waals surface area contributed by atoms with Crippen LogP contribution in [0.5, 0.6) is 0 Å². The van der Waals surface area contributed by atoms with Gasteiger partial charge >= 0.3 is 0 Å². The van der Waals surface area contributed by atoms with Crippen LogP contribution in [0.4, 0.5) is 0 Å². The molecular weight excluding hydrogens is 276 g/mol. The standard InChI is InChI=1S/C15H20N2O2.ClH/c16-13-8-10-17(11-9-13)15(19)7-6-14(18)12-4-2-1-3-5-12;/h1-5,13H,6-11,16H2;1H. The average molecular weight is 297 g/mol. The summed E-state index contributed by atoms with van der Waals surface area (Å²) in [5, 5.41) is 0. The molecule has 5 heteroatoms. The smallest absolute Gasteiger partial charge is 0.223 e. The van der Waals surface area contributed by atoms with E-state index >= 15 is 0 Å². The normalized spacial score (nSPS) is 15.6. The zero-order valence-corrected chi connectivity index (χ0v) is 12.3. The predicted octanol–water partition coefficient (Wildman–Crippen LogP) is 2.02. The van der Waals surface area contributed by atoms with Crippen LogP contribution in [0.2, 0.25) is 0 Å². The van der Waals surface area contributed by atoms with Crippen LogP contribution in [-0.2, 0) is 4.79 Å². The highest BCUT2D eigenvalue weighted by Crippen LogP contribution is 2.12. The van der Waals surface area contributed by atoms with Crippen LogP contribution in [0, 0.1) is 0 Å². The quantitative estimate of drug-likeness (QED) is 0.865. The van der Waals surface area contributed by atoms with Crippen molar-refractivity contribution < 1.29 is 9.59 Å². The van der Waals surface area contributed by atoms with Gasteiger partial charge in [0.15, 0.2) is 5.78 Å². The van der Waals surface area contributed by atoms with Crippen LogP contribution in [0.3, 0.4) is 0 Å². The fourth-order valence-electron chi connectivity index (χ4n) is 2.30. The fraction of sp³-hybridized carbons (Fsp3) is 0.467. The van der Waals surface area contributed by atoms with Gasteiger partial charge in [-0.05, 0) is 12.8 Å². The molecule has 1 aliphatic rings. The summed E-state index contributed by atoms with van der Waals surface area (Å²) in [6.07, 6.45) is 2.30. The molecule has 2 rings (SSSR count). The summed E-state index contributed by atoms with van der Waals surface area (Å²) in [5.74, 6) is 0.0961. The minimum Gasteiger partial charge on any atom is -0.343 e. The van der Waals surface area contributed by atoms with Gasteiger partial charge in [0, 0.05) is 37.5 Å². The number of carbonyl (C=O) groups is 2. The minimum atomic E-state index is 0. The van der Waals surface area contributed by atoms with Crippen molar-refractivity contribution in [2.24, 2.45) is 5.73 Å². The number of Topliss-reactive ketones (excluding diaryl/α,β-unsaturated/α-hetero) is 1. The van der Waals surface area contributed by atoms with Crippen LogP contribution in [0.1, 0.15) is 36.0 Å². The second kappa shape index (κ2) is 8.02. The predicted molar refractivity (Wildman–Crippen MR) is 81.0 cm³/mol. The van der Waals surface area contributed by atoms with Crippen molar-refractivity contribution in [3.8, 4) is 0 Å². The Morgan fingerprint density at radius 1 is 1.10 bits per heavy atom. The van der Waals surface area contributed by atoms with Gasteiger partial charge in [-0.15, -0.1) is 12.4 Å². The molecule has 0 atom stereocenters. The Kier molecular flexibility index (Phi) is 6.68. The third-order valence-electron chi connectivity index (χ3n) is 3.55. The lowest BCUT2D eigenvalue weighted by Gasteiger charge is -2.30. The highest BCUT2D eigenvalue weighted by molar-refractivity contribution is 5.97. The van der Waals surface area contributed by atoms with Gasteiger partial charge in [-0.25, -0.2) is 0 Å². The Labute approximate surface area is 125 Å². The number of hydrogen-bond acceptors (Lipinski definition) is 3. The molecule has 0 saturated carbocycles. The maximum Gasteiger partial charge on any atom is 0.223 e. The maximum atomic E-state index is 12.0. The van der Waals surface area contributed by atoms with Crippen molar-refractivity contribution in [3.63, 3.8) is 0 Å². The van der Waals surface area contributed by atoms with Crippen molar-refractivity contribution in [2.45, 2.75) is 31.7 Å². The molecule has 1 saturated heterocycles. The molecular formula is C15H21ClN2O2. The van der Waals surface area contributed by atoms with Gasteiger partial charge in [0.05, 0.1) is 0 Å². The average Bonchev–Trinajstić information content (AvgIpc) is 2.46. The fourth-order valence-corrected chi connectivity index (χ4v) is 2.30. The molecule has 0 bridgehead atoms. The van der Waals surface area contributed by atoms with Crippen molar-refractivity contribution in [1.29, 1.82) is 0 Å². The van der Waals surface area contributed by atoms with Crippen LogP contribution >= 0.6 is 12.4 Å². The van der Waals surface area contributed by atoms with Gasteiger partial charge in [0.2, 0.25) is 5.91 Å². The van der Waals surface area contributed by atoms with Crippen LogP contribution in [0.25, 0.3) is 0 Å². The van der Waals surface area contributed by atoms with Crippen molar-refractivity contribution >= 4 is 24.1 Å². The third kappa shape index (κ3) is 4.62. The summed E-state index contributed by atoms with van der Waals surface area (Å²) < 4.78 is 0. The first-order valence-corrected chi connectivity index (χ1v) is 6.78. The first kappa shape index (κ1) is 16.7. The molecule has 0 aliphatic carbocycles. The number of rotatable bonds is 4. The summed E-state index contributed by atoms with van der Waals surface area (Å²) in [6, 6.07) is 9.33. The van der Waals surface area contributed by atoms with E-state index in [2.05, 4.69) is 0 Å². The second-order valence-electron chi connectivity index (χ2n) is 5.01. The Balaban J connectivity index is 0.00000200. The summed E-state index contributed by atoms with van der Waals surface area (Å²) in [4.78, 5) is 25.7. The highest BCUT2D eigenvalue weighted by atomic mass is 35.5. The lowest BCUT2D eigenvalue weighted by Crippen LogP contribution is -2.42. The molecule has 2 N–H and O–H groups in total. The van der Waals surface area contributed by atoms with Crippen molar-refractivity contribution in [3.05, 3.63) is 35.9 Å². The number of piperidine rings is 1. The number of benzene rings is 1. The summed E-state index contributed by atoms with van der Waals surface area (Å²) in [6.45, 7) is 1.44. The van der Waals surface area contributed by atoms with E-state index in [1.54, 1.807) is 12.1 Å². The molecule has 110 valence electrons. The number of nitrogens with two attached hydrogens (primary N) is 1. The van der Waals surface area contributed by atoms with Crippen molar-refractivity contribution in [2.75, 3.05) is 13.1 Å². The molecule has 0 aromatic heterocycles. The molecule has 1 fully saturated rings. The Hall–Kier alpha value is -1.39. The molecule has 1 aliphatic heterocycles.